The Labute approximate surface area is 103 Å². The molecule has 1 heterocycles. The maximum atomic E-state index is 9.25. The zero-order valence-electron chi connectivity index (χ0n) is 10.5. The summed E-state index contributed by atoms with van der Waals surface area (Å²) in [6.45, 7) is 4.26. The van der Waals surface area contributed by atoms with E-state index in [2.05, 4.69) is 36.1 Å². The molecule has 17 heavy (non-hydrogen) atoms. The van der Waals surface area contributed by atoms with E-state index in [-0.39, 0.29) is 12.1 Å². The van der Waals surface area contributed by atoms with Crippen LogP contribution in [0.15, 0.2) is 30.3 Å². The lowest BCUT2D eigenvalue weighted by molar-refractivity contribution is 0.0848. The Hall–Kier alpha value is -0.900. The molecule has 0 aromatic heterocycles. The number of rotatable bonds is 3. The zero-order valence-corrected chi connectivity index (χ0v) is 10.5. The third kappa shape index (κ3) is 2.86. The fourth-order valence-electron chi connectivity index (χ4n) is 2.46. The SMILES string of the molecule is CC(c1ccccc1)N1CCC(N)(CO)CC1. The maximum Gasteiger partial charge on any atom is 0.0612 e. The number of nitrogens with zero attached hydrogens (tertiary/aromatic N) is 1. The average molecular weight is 234 g/mol. The van der Waals surface area contributed by atoms with Crippen molar-refractivity contribution in [2.24, 2.45) is 5.73 Å². The van der Waals surface area contributed by atoms with Gasteiger partial charge in [0.25, 0.3) is 0 Å². The summed E-state index contributed by atoms with van der Waals surface area (Å²) in [5.74, 6) is 0. The van der Waals surface area contributed by atoms with E-state index in [1.807, 2.05) is 6.07 Å². The highest BCUT2D eigenvalue weighted by Gasteiger charge is 2.31. The normalized spacial score (nSPS) is 22.3. The summed E-state index contributed by atoms with van der Waals surface area (Å²) in [5, 5.41) is 9.25. The predicted molar refractivity (Wildman–Crippen MR) is 69.7 cm³/mol. The van der Waals surface area contributed by atoms with E-state index < -0.39 is 0 Å². The predicted octanol–water partition coefficient (Wildman–Crippen LogP) is 1.53. The van der Waals surface area contributed by atoms with Crippen LogP contribution in [0.3, 0.4) is 0 Å². The van der Waals surface area contributed by atoms with E-state index in [4.69, 9.17) is 5.73 Å². The molecule has 3 N–H and O–H groups in total. The number of aliphatic hydroxyl groups excluding tert-OH is 1. The van der Waals surface area contributed by atoms with Crippen LogP contribution >= 0.6 is 0 Å². The van der Waals surface area contributed by atoms with Gasteiger partial charge in [-0.1, -0.05) is 30.3 Å². The van der Waals surface area contributed by atoms with Gasteiger partial charge in [0, 0.05) is 24.7 Å². The second-order valence-electron chi connectivity index (χ2n) is 5.14. The molecule has 0 saturated carbocycles. The molecule has 0 radical (unpaired) electrons. The molecule has 0 amide bonds. The fraction of sp³-hybridized carbons (Fsp3) is 0.571. The average Bonchev–Trinajstić information content (AvgIpc) is 2.40. The van der Waals surface area contributed by atoms with Crippen LogP contribution in [0.2, 0.25) is 0 Å². The largest absolute Gasteiger partial charge is 0.394 e. The van der Waals surface area contributed by atoms with Gasteiger partial charge in [0.15, 0.2) is 0 Å². The molecule has 1 aliphatic heterocycles. The van der Waals surface area contributed by atoms with Crippen LogP contribution in [0, 0.1) is 0 Å². The van der Waals surface area contributed by atoms with Crippen molar-refractivity contribution in [1.29, 1.82) is 0 Å². The second-order valence-corrected chi connectivity index (χ2v) is 5.14. The van der Waals surface area contributed by atoms with Crippen LogP contribution in [0.4, 0.5) is 0 Å². The topological polar surface area (TPSA) is 49.5 Å². The highest BCUT2D eigenvalue weighted by atomic mass is 16.3. The number of likely N-dealkylation sites (tertiary alicyclic amines) is 1. The van der Waals surface area contributed by atoms with Crippen molar-refractivity contribution in [1.82, 2.24) is 4.90 Å². The number of hydrogen-bond acceptors (Lipinski definition) is 3. The first-order valence-corrected chi connectivity index (χ1v) is 6.33. The first-order chi connectivity index (χ1) is 8.14. The Morgan fingerprint density at radius 1 is 1.29 bits per heavy atom. The molecule has 1 aliphatic rings. The van der Waals surface area contributed by atoms with E-state index >= 15 is 0 Å². The van der Waals surface area contributed by atoms with Gasteiger partial charge in [-0.2, -0.15) is 0 Å². The zero-order chi connectivity index (χ0) is 12.3. The summed E-state index contributed by atoms with van der Waals surface area (Å²) in [7, 11) is 0. The van der Waals surface area contributed by atoms with Crippen LogP contribution in [0.25, 0.3) is 0 Å². The Bertz CT molecular complexity index is 344. The van der Waals surface area contributed by atoms with E-state index in [0.29, 0.717) is 6.04 Å². The number of aliphatic hydroxyl groups is 1. The standard InChI is InChI=1S/C14H22N2O/c1-12(13-5-3-2-4-6-13)16-9-7-14(15,11-17)8-10-16/h2-6,12,17H,7-11,15H2,1H3. The van der Waals surface area contributed by atoms with Crippen molar-refractivity contribution >= 4 is 0 Å². The fourth-order valence-corrected chi connectivity index (χ4v) is 2.46. The van der Waals surface area contributed by atoms with Crippen molar-refractivity contribution in [3.8, 4) is 0 Å². The molecule has 1 fully saturated rings. The molecule has 1 saturated heterocycles. The Morgan fingerprint density at radius 2 is 1.88 bits per heavy atom. The molecule has 1 unspecified atom stereocenters. The van der Waals surface area contributed by atoms with Gasteiger partial charge in [0.05, 0.1) is 6.61 Å². The highest BCUT2D eigenvalue weighted by Crippen LogP contribution is 2.27. The second kappa shape index (κ2) is 5.17. The van der Waals surface area contributed by atoms with E-state index in [0.717, 1.165) is 25.9 Å². The monoisotopic (exact) mass is 234 g/mol. The number of benzene rings is 1. The van der Waals surface area contributed by atoms with Gasteiger partial charge in [0.2, 0.25) is 0 Å². The van der Waals surface area contributed by atoms with Gasteiger partial charge < -0.3 is 10.8 Å². The summed E-state index contributed by atoms with van der Waals surface area (Å²) in [4.78, 5) is 2.44. The molecule has 94 valence electrons. The Morgan fingerprint density at radius 3 is 2.41 bits per heavy atom. The molecule has 1 aromatic rings. The van der Waals surface area contributed by atoms with Gasteiger partial charge in [0.1, 0.15) is 0 Å². The lowest BCUT2D eigenvalue weighted by atomic mass is 9.88. The lowest BCUT2D eigenvalue weighted by Gasteiger charge is -2.40. The first kappa shape index (κ1) is 12.6. The third-order valence-corrected chi connectivity index (χ3v) is 3.94. The maximum absolute atomic E-state index is 9.25. The molecular weight excluding hydrogens is 212 g/mol. The van der Waals surface area contributed by atoms with Crippen molar-refractivity contribution in [2.75, 3.05) is 19.7 Å². The minimum absolute atomic E-state index is 0.0978. The Balaban J connectivity index is 1.97. The smallest absolute Gasteiger partial charge is 0.0612 e. The van der Waals surface area contributed by atoms with Crippen molar-refractivity contribution in [2.45, 2.75) is 31.3 Å². The molecule has 0 aliphatic carbocycles. The summed E-state index contributed by atoms with van der Waals surface area (Å²) in [5.41, 5.74) is 7.08. The van der Waals surface area contributed by atoms with Crippen LogP contribution in [0.5, 0.6) is 0 Å². The van der Waals surface area contributed by atoms with Crippen molar-refractivity contribution < 1.29 is 5.11 Å². The molecule has 1 aromatic carbocycles. The molecule has 3 heteroatoms. The molecular formula is C14H22N2O. The van der Waals surface area contributed by atoms with Crippen molar-refractivity contribution in [3.63, 3.8) is 0 Å². The van der Waals surface area contributed by atoms with Crippen LogP contribution in [0.1, 0.15) is 31.4 Å². The van der Waals surface area contributed by atoms with Crippen molar-refractivity contribution in [3.05, 3.63) is 35.9 Å². The molecule has 3 nitrogen and oxygen atoms in total. The van der Waals surface area contributed by atoms with Crippen LogP contribution < -0.4 is 5.73 Å². The van der Waals surface area contributed by atoms with Crippen LogP contribution in [-0.4, -0.2) is 35.2 Å². The number of hydrogen-bond donors (Lipinski definition) is 2. The molecule has 1 atom stereocenters. The van der Waals surface area contributed by atoms with Gasteiger partial charge in [-0.05, 0) is 25.3 Å². The van der Waals surface area contributed by atoms with Gasteiger partial charge in [-0.15, -0.1) is 0 Å². The van der Waals surface area contributed by atoms with Gasteiger partial charge in [-0.3, -0.25) is 4.90 Å². The lowest BCUT2D eigenvalue weighted by Crippen LogP contribution is -2.53. The summed E-state index contributed by atoms with van der Waals surface area (Å²) >= 11 is 0. The summed E-state index contributed by atoms with van der Waals surface area (Å²) in [6, 6.07) is 11.0. The van der Waals surface area contributed by atoms with Gasteiger partial charge in [-0.25, -0.2) is 0 Å². The van der Waals surface area contributed by atoms with E-state index in [9.17, 15) is 5.11 Å². The molecule has 0 bridgehead atoms. The Kier molecular flexibility index (Phi) is 3.82. The number of piperidine rings is 1. The molecule has 2 rings (SSSR count). The quantitative estimate of drug-likeness (QED) is 0.834. The summed E-state index contributed by atoms with van der Waals surface area (Å²) in [6.07, 6.45) is 1.75. The highest BCUT2D eigenvalue weighted by molar-refractivity contribution is 5.18. The minimum Gasteiger partial charge on any atom is -0.394 e. The summed E-state index contributed by atoms with van der Waals surface area (Å²) < 4.78 is 0. The van der Waals surface area contributed by atoms with E-state index in [1.54, 1.807) is 0 Å². The molecule has 0 spiro atoms. The minimum atomic E-state index is -0.354. The van der Waals surface area contributed by atoms with Crippen LogP contribution in [-0.2, 0) is 0 Å². The first-order valence-electron chi connectivity index (χ1n) is 6.33. The van der Waals surface area contributed by atoms with Gasteiger partial charge >= 0.3 is 0 Å². The third-order valence-electron chi connectivity index (χ3n) is 3.94. The number of nitrogens with two attached hydrogens (primary N) is 1. The van der Waals surface area contributed by atoms with E-state index in [1.165, 1.54) is 5.56 Å².